The number of benzene rings is 1. The van der Waals surface area contributed by atoms with Crippen LogP contribution in [0.2, 0.25) is 0 Å². The van der Waals surface area contributed by atoms with Gasteiger partial charge in [0.2, 0.25) is 0 Å². The molecule has 0 aliphatic carbocycles. The average Bonchev–Trinajstić information content (AvgIpc) is 3.05. The smallest absolute Gasteiger partial charge is 0.399 e. The van der Waals surface area contributed by atoms with Crippen LogP contribution in [0.15, 0.2) is 24.3 Å². The highest BCUT2D eigenvalue weighted by atomic mass is 16.7. The third-order valence-electron chi connectivity index (χ3n) is 4.27. The maximum absolute atomic E-state index is 12.1. The third kappa shape index (κ3) is 2.97. The third-order valence-corrected chi connectivity index (χ3v) is 4.27. The Morgan fingerprint density at radius 1 is 1.13 bits per heavy atom. The number of rotatable bonds is 3. The quantitative estimate of drug-likeness (QED) is 0.811. The van der Waals surface area contributed by atoms with Crippen LogP contribution >= 0.6 is 0 Å². The Hall–Kier alpha value is -2.26. The summed E-state index contributed by atoms with van der Waals surface area (Å²) in [4.78, 5) is 12.1. The molecule has 1 amide bonds. The summed E-state index contributed by atoms with van der Waals surface area (Å²) in [6.07, 6.45) is 0. The molecule has 0 bridgehead atoms. The van der Waals surface area contributed by atoms with Crippen LogP contribution in [-0.4, -0.2) is 44.9 Å². The Bertz CT molecular complexity index is 684. The Kier molecular flexibility index (Phi) is 3.69. The zero-order valence-electron chi connectivity index (χ0n) is 13.5. The molecule has 9 heteroatoms. The molecule has 1 aromatic carbocycles. The summed E-state index contributed by atoms with van der Waals surface area (Å²) < 4.78 is 12.0. The summed E-state index contributed by atoms with van der Waals surface area (Å²) in [5, 5.41) is 15.5. The minimum absolute atomic E-state index is 0.130. The van der Waals surface area contributed by atoms with Gasteiger partial charge in [-0.25, -0.2) is 0 Å². The van der Waals surface area contributed by atoms with E-state index in [9.17, 15) is 4.79 Å². The number of nitrogens with one attached hydrogen (secondary N) is 2. The molecular weight excluding hydrogens is 297 g/mol. The van der Waals surface area contributed by atoms with Crippen molar-refractivity contribution in [2.24, 2.45) is 0 Å². The van der Waals surface area contributed by atoms with Crippen LogP contribution in [0.1, 0.15) is 38.1 Å². The van der Waals surface area contributed by atoms with Gasteiger partial charge in [0.05, 0.1) is 11.2 Å². The average molecular weight is 315 g/mol. The maximum atomic E-state index is 12.1. The first-order valence-electron chi connectivity index (χ1n) is 7.29. The van der Waals surface area contributed by atoms with Crippen LogP contribution in [0.4, 0.5) is 5.95 Å². The molecule has 0 atom stereocenters. The number of H-pyrrole nitrogens is 1. The van der Waals surface area contributed by atoms with Crippen molar-refractivity contribution in [3.63, 3.8) is 0 Å². The Balaban J connectivity index is 1.72. The van der Waals surface area contributed by atoms with Gasteiger partial charge in [-0.2, -0.15) is 5.21 Å². The normalized spacial score (nSPS) is 18.9. The van der Waals surface area contributed by atoms with E-state index >= 15 is 0 Å². The molecule has 0 saturated carbocycles. The topological polar surface area (TPSA) is 102 Å². The lowest BCUT2D eigenvalue weighted by atomic mass is 9.79. The number of nitrogens with zero attached hydrogens (tertiary/aromatic N) is 3. The lowest BCUT2D eigenvalue weighted by Crippen LogP contribution is -2.41. The van der Waals surface area contributed by atoms with Gasteiger partial charge in [0.15, 0.2) is 0 Å². The Labute approximate surface area is 134 Å². The first-order chi connectivity index (χ1) is 10.8. The highest BCUT2D eigenvalue weighted by Gasteiger charge is 2.51. The summed E-state index contributed by atoms with van der Waals surface area (Å²) in [5.74, 6) is -0.183. The predicted octanol–water partition coefficient (Wildman–Crippen LogP) is 0.751. The van der Waals surface area contributed by atoms with Crippen molar-refractivity contribution in [1.29, 1.82) is 0 Å². The van der Waals surface area contributed by atoms with E-state index < -0.39 is 18.3 Å². The molecule has 1 saturated heterocycles. The molecule has 1 fully saturated rings. The molecule has 2 aromatic rings. The molecule has 0 unspecified atom stereocenters. The highest BCUT2D eigenvalue weighted by Crippen LogP contribution is 2.36. The summed E-state index contributed by atoms with van der Waals surface area (Å²) >= 11 is 0. The first kappa shape index (κ1) is 15.6. The van der Waals surface area contributed by atoms with Crippen LogP contribution in [0.3, 0.4) is 0 Å². The van der Waals surface area contributed by atoms with Crippen LogP contribution < -0.4 is 10.8 Å². The number of amides is 1. The molecule has 2 N–H and O–H groups in total. The molecule has 1 aliphatic heterocycles. The fourth-order valence-electron chi connectivity index (χ4n) is 2.16. The molecule has 1 aromatic heterocycles. The SMILES string of the molecule is CC1(C)OB(c2ccc(C(=O)Nc3nn[nH]n3)cc2)OC1(C)C. The van der Waals surface area contributed by atoms with E-state index in [-0.39, 0.29) is 11.9 Å². The number of anilines is 1. The van der Waals surface area contributed by atoms with E-state index in [1.807, 2.05) is 39.8 Å². The Morgan fingerprint density at radius 3 is 2.26 bits per heavy atom. The largest absolute Gasteiger partial charge is 0.494 e. The number of tetrazole rings is 1. The summed E-state index contributed by atoms with van der Waals surface area (Å²) in [6, 6.07) is 7.03. The van der Waals surface area contributed by atoms with E-state index in [4.69, 9.17) is 9.31 Å². The van der Waals surface area contributed by atoms with E-state index in [1.165, 1.54) is 0 Å². The van der Waals surface area contributed by atoms with E-state index in [0.717, 1.165) is 5.46 Å². The number of aromatic amines is 1. The second-order valence-electron chi connectivity index (χ2n) is 6.40. The van der Waals surface area contributed by atoms with E-state index in [2.05, 4.69) is 25.9 Å². The molecular formula is C14H18BN5O3. The summed E-state index contributed by atoms with van der Waals surface area (Å²) in [7, 11) is -0.450. The van der Waals surface area contributed by atoms with Crippen LogP contribution in [0, 0.1) is 0 Å². The zero-order chi connectivity index (χ0) is 16.7. The monoisotopic (exact) mass is 315 g/mol. The zero-order valence-corrected chi connectivity index (χ0v) is 13.5. The second kappa shape index (κ2) is 5.43. The van der Waals surface area contributed by atoms with Crippen LogP contribution in [0.25, 0.3) is 0 Å². The highest BCUT2D eigenvalue weighted by molar-refractivity contribution is 6.62. The van der Waals surface area contributed by atoms with Crippen molar-refractivity contribution in [2.75, 3.05) is 5.32 Å². The molecule has 0 radical (unpaired) electrons. The van der Waals surface area contributed by atoms with Crippen molar-refractivity contribution in [2.45, 2.75) is 38.9 Å². The maximum Gasteiger partial charge on any atom is 0.494 e. The minimum Gasteiger partial charge on any atom is -0.399 e. The van der Waals surface area contributed by atoms with Crippen molar-refractivity contribution in [3.05, 3.63) is 29.8 Å². The predicted molar refractivity (Wildman–Crippen MR) is 84.3 cm³/mol. The van der Waals surface area contributed by atoms with Gasteiger partial charge in [0, 0.05) is 5.56 Å². The van der Waals surface area contributed by atoms with Gasteiger partial charge >= 0.3 is 7.12 Å². The van der Waals surface area contributed by atoms with Gasteiger partial charge in [-0.1, -0.05) is 17.2 Å². The van der Waals surface area contributed by atoms with Crippen molar-refractivity contribution < 1.29 is 14.1 Å². The summed E-state index contributed by atoms with van der Waals surface area (Å²) in [5.41, 5.74) is 0.549. The molecule has 23 heavy (non-hydrogen) atoms. The van der Waals surface area contributed by atoms with Crippen LogP contribution in [0.5, 0.6) is 0 Å². The van der Waals surface area contributed by atoms with Gasteiger partial charge in [0.1, 0.15) is 0 Å². The summed E-state index contributed by atoms with van der Waals surface area (Å²) in [6.45, 7) is 8.00. The molecule has 2 heterocycles. The Morgan fingerprint density at radius 2 is 1.74 bits per heavy atom. The fourth-order valence-corrected chi connectivity index (χ4v) is 2.16. The van der Waals surface area contributed by atoms with Gasteiger partial charge < -0.3 is 9.31 Å². The molecule has 8 nitrogen and oxygen atoms in total. The van der Waals surface area contributed by atoms with E-state index in [0.29, 0.717) is 5.56 Å². The van der Waals surface area contributed by atoms with Crippen molar-refractivity contribution in [3.8, 4) is 0 Å². The standard InChI is InChI=1S/C14H18BN5O3/c1-13(2)14(3,4)23-15(22-13)10-7-5-9(6-8-10)11(21)16-12-17-19-20-18-12/h5-8H,1-4H3,(H2,16,17,18,19,20,21). The number of carbonyl (C=O) groups excluding carboxylic acids is 1. The van der Waals surface area contributed by atoms with Gasteiger partial charge in [-0.05, 0) is 50.5 Å². The molecule has 1 aliphatic rings. The lowest BCUT2D eigenvalue weighted by molar-refractivity contribution is 0.00578. The van der Waals surface area contributed by atoms with E-state index in [1.54, 1.807) is 12.1 Å². The van der Waals surface area contributed by atoms with Gasteiger partial charge in [-0.3, -0.25) is 10.1 Å². The minimum atomic E-state index is -0.450. The lowest BCUT2D eigenvalue weighted by Gasteiger charge is -2.32. The molecule has 3 rings (SSSR count). The second-order valence-corrected chi connectivity index (χ2v) is 6.40. The van der Waals surface area contributed by atoms with Crippen LogP contribution in [-0.2, 0) is 9.31 Å². The number of hydrogen-bond acceptors (Lipinski definition) is 6. The molecule has 0 spiro atoms. The molecule has 120 valence electrons. The number of carbonyl (C=O) groups is 1. The van der Waals surface area contributed by atoms with Crippen molar-refractivity contribution >= 4 is 24.4 Å². The first-order valence-corrected chi connectivity index (χ1v) is 7.29. The fraction of sp³-hybridized carbons (Fsp3) is 0.429. The van der Waals surface area contributed by atoms with Gasteiger partial charge in [-0.15, -0.1) is 5.10 Å². The van der Waals surface area contributed by atoms with Crippen molar-refractivity contribution in [1.82, 2.24) is 20.6 Å². The van der Waals surface area contributed by atoms with Gasteiger partial charge in [0.25, 0.3) is 11.9 Å². The number of aromatic nitrogens is 4. The number of hydrogen-bond donors (Lipinski definition) is 2.